The summed E-state index contributed by atoms with van der Waals surface area (Å²) in [5, 5.41) is 0. The Morgan fingerprint density at radius 1 is 1.19 bits per heavy atom. The number of aryl methyl sites for hydroxylation is 1. The summed E-state index contributed by atoms with van der Waals surface area (Å²) >= 11 is 0. The summed E-state index contributed by atoms with van der Waals surface area (Å²) in [6.07, 6.45) is -0.137. The van der Waals surface area contributed by atoms with E-state index in [1.165, 1.54) is 12.1 Å². The van der Waals surface area contributed by atoms with Gasteiger partial charge in [-0.1, -0.05) is 6.07 Å². The zero-order valence-electron chi connectivity index (χ0n) is 11.9. The normalized spacial score (nSPS) is 10.6. The number of benzene rings is 1. The number of nitrogens with two attached hydrogens (primary N) is 1. The standard InChI is InChI=1S/C13H16FN5O2/c1-7(2)20-12-16-11(19-15)17-13(18-12)21-10-6-8(3)4-5-9(10)14/h4-7H,15H2,1-3H3,(H,16,17,18,19). The molecule has 21 heavy (non-hydrogen) atoms. The van der Waals surface area contributed by atoms with Crippen molar-refractivity contribution in [2.75, 3.05) is 5.43 Å². The second kappa shape index (κ2) is 6.31. The fourth-order valence-corrected chi connectivity index (χ4v) is 1.50. The molecule has 8 heteroatoms. The maximum absolute atomic E-state index is 13.7. The molecule has 7 nitrogen and oxygen atoms in total. The van der Waals surface area contributed by atoms with Gasteiger partial charge in [-0.05, 0) is 38.5 Å². The Hall–Kier alpha value is -2.48. The lowest BCUT2D eigenvalue weighted by Gasteiger charge is -2.11. The van der Waals surface area contributed by atoms with Crippen LogP contribution in [0.25, 0.3) is 0 Å². The average molecular weight is 293 g/mol. The van der Waals surface area contributed by atoms with Crippen molar-refractivity contribution in [3.63, 3.8) is 0 Å². The number of hydrazine groups is 1. The van der Waals surface area contributed by atoms with Crippen molar-refractivity contribution in [2.24, 2.45) is 5.84 Å². The van der Waals surface area contributed by atoms with Crippen LogP contribution in [0.5, 0.6) is 17.8 Å². The van der Waals surface area contributed by atoms with Gasteiger partial charge in [0.1, 0.15) is 0 Å². The van der Waals surface area contributed by atoms with E-state index in [0.717, 1.165) is 5.56 Å². The molecule has 2 aromatic rings. The van der Waals surface area contributed by atoms with Gasteiger partial charge in [0.25, 0.3) is 0 Å². The van der Waals surface area contributed by atoms with Crippen molar-refractivity contribution < 1.29 is 13.9 Å². The highest BCUT2D eigenvalue weighted by Crippen LogP contribution is 2.24. The van der Waals surface area contributed by atoms with E-state index < -0.39 is 5.82 Å². The van der Waals surface area contributed by atoms with Crippen LogP contribution < -0.4 is 20.7 Å². The highest BCUT2D eigenvalue weighted by molar-refractivity contribution is 5.33. The summed E-state index contributed by atoms with van der Waals surface area (Å²) in [6, 6.07) is 4.40. The van der Waals surface area contributed by atoms with Gasteiger partial charge < -0.3 is 9.47 Å². The molecule has 3 N–H and O–H groups in total. The smallest absolute Gasteiger partial charge is 0.330 e. The van der Waals surface area contributed by atoms with Crippen LogP contribution in [0.4, 0.5) is 10.3 Å². The highest BCUT2D eigenvalue weighted by atomic mass is 19.1. The third-order valence-electron chi connectivity index (χ3n) is 2.35. The fourth-order valence-electron chi connectivity index (χ4n) is 1.50. The molecule has 0 aliphatic rings. The van der Waals surface area contributed by atoms with Crippen molar-refractivity contribution >= 4 is 5.95 Å². The molecule has 1 aromatic heterocycles. The molecule has 1 aromatic carbocycles. The van der Waals surface area contributed by atoms with Crippen LogP contribution in [0.1, 0.15) is 19.4 Å². The first kappa shape index (κ1) is 14.9. The molecule has 0 amide bonds. The fraction of sp³-hybridized carbons (Fsp3) is 0.308. The van der Waals surface area contributed by atoms with Crippen molar-refractivity contribution in [3.8, 4) is 17.8 Å². The minimum atomic E-state index is -0.519. The van der Waals surface area contributed by atoms with Crippen LogP contribution in [0, 0.1) is 12.7 Å². The highest BCUT2D eigenvalue weighted by Gasteiger charge is 2.12. The molecule has 0 aliphatic heterocycles. The Bertz CT molecular complexity index is 636. The van der Waals surface area contributed by atoms with E-state index >= 15 is 0 Å². The third kappa shape index (κ3) is 3.99. The lowest BCUT2D eigenvalue weighted by Crippen LogP contribution is -2.15. The summed E-state index contributed by atoms with van der Waals surface area (Å²) in [6.45, 7) is 5.46. The van der Waals surface area contributed by atoms with Gasteiger partial charge in [0, 0.05) is 0 Å². The molecular weight excluding hydrogens is 277 g/mol. The first-order valence-corrected chi connectivity index (χ1v) is 6.31. The van der Waals surface area contributed by atoms with Gasteiger partial charge in [0.2, 0.25) is 5.95 Å². The zero-order chi connectivity index (χ0) is 15.4. The Morgan fingerprint density at radius 3 is 2.57 bits per heavy atom. The number of hydrogen-bond donors (Lipinski definition) is 2. The van der Waals surface area contributed by atoms with E-state index in [-0.39, 0.29) is 29.8 Å². The minimum Gasteiger partial charge on any atom is -0.461 e. The Labute approximate surface area is 121 Å². The largest absolute Gasteiger partial charge is 0.461 e. The average Bonchev–Trinajstić information content (AvgIpc) is 2.42. The second-order valence-corrected chi connectivity index (χ2v) is 4.57. The number of nitrogens with zero attached hydrogens (tertiary/aromatic N) is 3. The van der Waals surface area contributed by atoms with Crippen LogP contribution in [0.2, 0.25) is 0 Å². The summed E-state index contributed by atoms with van der Waals surface area (Å²) in [4.78, 5) is 11.8. The van der Waals surface area contributed by atoms with Crippen molar-refractivity contribution in [3.05, 3.63) is 29.6 Å². The van der Waals surface area contributed by atoms with E-state index in [1.807, 2.05) is 20.8 Å². The SMILES string of the molecule is Cc1ccc(F)c(Oc2nc(NN)nc(OC(C)C)n2)c1. The zero-order valence-corrected chi connectivity index (χ0v) is 11.9. The number of rotatable bonds is 5. The van der Waals surface area contributed by atoms with E-state index in [1.54, 1.807) is 6.07 Å². The van der Waals surface area contributed by atoms with Gasteiger partial charge in [0.15, 0.2) is 11.6 Å². The molecule has 0 radical (unpaired) electrons. The molecule has 0 spiro atoms. The van der Waals surface area contributed by atoms with Crippen molar-refractivity contribution in [1.29, 1.82) is 0 Å². The third-order valence-corrected chi connectivity index (χ3v) is 2.35. The number of ether oxygens (including phenoxy) is 2. The number of nitrogens with one attached hydrogen (secondary N) is 1. The topological polar surface area (TPSA) is 95.2 Å². The Morgan fingerprint density at radius 2 is 1.90 bits per heavy atom. The van der Waals surface area contributed by atoms with E-state index in [4.69, 9.17) is 15.3 Å². The van der Waals surface area contributed by atoms with Crippen LogP contribution in [0.3, 0.4) is 0 Å². The molecule has 112 valence electrons. The molecule has 0 bridgehead atoms. The predicted octanol–water partition coefficient (Wildman–Crippen LogP) is 2.18. The van der Waals surface area contributed by atoms with Crippen LogP contribution in [-0.2, 0) is 0 Å². The van der Waals surface area contributed by atoms with Gasteiger partial charge in [-0.3, -0.25) is 5.43 Å². The summed E-state index contributed by atoms with van der Waals surface area (Å²) in [5.41, 5.74) is 3.12. The monoisotopic (exact) mass is 293 g/mol. The molecule has 0 saturated carbocycles. The summed E-state index contributed by atoms with van der Waals surface area (Å²) < 4.78 is 24.4. The number of nitrogen functional groups attached to an aromatic ring is 1. The number of anilines is 1. The Kier molecular flexibility index (Phi) is 4.49. The molecule has 0 fully saturated rings. The number of hydrogen-bond acceptors (Lipinski definition) is 7. The predicted molar refractivity (Wildman–Crippen MR) is 74.6 cm³/mol. The van der Waals surface area contributed by atoms with Crippen LogP contribution >= 0.6 is 0 Å². The molecule has 0 atom stereocenters. The molecular formula is C13H16FN5O2. The lowest BCUT2D eigenvalue weighted by atomic mass is 10.2. The lowest BCUT2D eigenvalue weighted by molar-refractivity contribution is 0.218. The van der Waals surface area contributed by atoms with Crippen LogP contribution in [-0.4, -0.2) is 21.1 Å². The first-order valence-electron chi connectivity index (χ1n) is 6.31. The minimum absolute atomic E-state index is 0.0136. The molecule has 0 saturated heterocycles. The molecule has 2 rings (SSSR count). The van der Waals surface area contributed by atoms with E-state index in [0.29, 0.717) is 0 Å². The maximum Gasteiger partial charge on any atom is 0.330 e. The van der Waals surface area contributed by atoms with Gasteiger partial charge in [0.05, 0.1) is 6.10 Å². The Balaban J connectivity index is 2.32. The molecule has 0 aliphatic carbocycles. The van der Waals surface area contributed by atoms with E-state index in [9.17, 15) is 4.39 Å². The number of aromatic nitrogens is 3. The van der Waals surface area contributed by atoms with Gasteiger partial charge >= 0.3 is 12.0 Å². The van der Waals surface area contributed by atoms with Crippen molar-refractivity contribution in [1.82, 2.24) is 15.0 Å². The van der Waals surface area contributed by atoms with Crippen molar-refractivity contribution in [2.45, 2.75) is 26.9 Å². The summed E-state index contributed by atoms with van der Waals surface area (Å²) in [5.74, 6) is 4.83. The first-order chi connectivity index (χ1) is 9.97. The molecule has 1 heterocycles. The van der Waals surface area contributed by atoms with Gasteiger partial charge in [-0.15, -0.1) is 4.98 Å². The number of halogens is 1. The quantitative estimate of drug-likeness (QED) is 0.644. The maximum atomic E-state index is 13.7. The second-order valence-electron chi connectivity index (χ2n) is 4.57. The van der Waals surface area contributed by atoms with Crippen LogP contribution in [0.15, 0.2) is 18.2 Å². The van der Waals surface area contributed by atoms with Gasteiger partial charge in [-0.25, -0.2) is 10.2 Å². The summed E-state index contributed by atoms with van der Waals surface area (Å²) in [7, 11) is 0. The molecule has 0 unspecified atom stereocenters. The van der Waals surface area contributed by atoms with E-state index in [2.05, 4.69) is 20.4 Å². The van der Waals surface area contributed by atoms with Gasteiger partial charge in [-0.2, -0.15) is 9.97 Å².